The number of nitrogens with one attached hydrogen (secondary N) is 4. The number of carboxylic acid groups (broad SMARTS) is 1. The quantitative estimate of drug-likeness (QED) is 0.195. The normalized spacial score (nSPS) is 25.3. The van der Waals surface area contributed by atoms with Crippen molar-refractivity contribution in [1.29, 1.82) is 0 Å². The summed E-state index contributed by atoms with van der Waals surface area (Å²) in [6.45, 7) is 1.94. The standard InChI is InChI=1S/C36H44N4O5/c1-36(19-27-20-37-30-10-6-5-9-29(27)30,40-34(44)33-25-14-23-13-24(16-25)17-26(33)15-23)35(45)39-28(18-22-7-3-2-4-8-22)21-38-31(41)11-12-32(42)43/h2-10,20,23-26,28,33,37H,11-19,21H2,1H3,(H,38,41)(H,39,45)(H,40,44)(H,42,43)/t23?,24?,25?,26?,28-,33?,36+/m0/s1. The van der Waals surface area contributed by atoms with Crippen molar-refractivity contribution in [3.8, 4) is 0 Å². The van der Waals surface area contributed by atoms with E-state index in [0.29, 0.717) is 24.7 Å². The zero-order valence-corrected chi connectivity index (χ0v) is 25.9. The van der Waals surface area contributed by atoms with Crippen molar-refractivity contribution in [3.63, 3.8) is 0 Å². The Morgan fingerprint density at radius 2 is 1.58 bits per heavy atom. The first-order valence-electron chi connectivity index (χ1n) is 16.4. The molecule has 9 heteroatoms. The maximum Gasteiger partial charge on any atom is 0.303 e. The van der Waals surface area contributed by atoms with Crippen LogP contribution in [-0.4, -0.2) is 51.9 Å². The van der Waals surface area contributed by atoms with Crippen LogP contribution in [0.4, 0.5) is 0 Å². The van der Waals surface area contributed by atoms with Crippen molar-refractivity contribution in [2.45, 2.75) is 76.3 Å². The highest BCUT2D eigenvalue weighted by Crippen LogP contribution is 2.56. The van der Waals surface area contributed by atoms with Crippen molar-refractivity contribution in [1.82, 2.24) is 20.9 Å². The van der Waals surface area contributed by atoms with Gasteiger partial charge >= 0.3 is 5.97 Å². The molecule has 4 aliphatic rings. The second-order valence-corrected chi connectivity index (χ2v) is 13.9. The number of aromatic amines is 1. The highest BCUT2D eigenvalue weighted by atomic mass is 16.4. The predicted octanol–water partition coefficient (Wildman–Crippen LogP) is 4.37. The average molecular weight is 613 g/mol. The van der Waals surface area contributed by atoms with Crippen LogP contribution in [0.25, 0.3) is 10.9 Å². The second-order valence-electron chi connectivity index (χ2n) is 13.9. The number of hydrogen-bond donors (Lipinski definition) is 5. The van der Waals surface area contributed by atoms with Crippen LogP contribution >= 0.6 is 0 Å². The van der Waals surface area contributed by atoms with Crippen LogP contribution in [0, 0.1) is 29.6 Å². The Hall–Kier alpha value is -4.14. The van der Waals surface area contributed by atoms with Gasteiger partial charge < -0.3 is 26.0 Å². The lowest BCUT2D eigenvalue weighted by atomic mass is 9.51. The molecule has 2 aromatic carbocycles. The first kappa shape index (κ1) is 30.9. The number of H-pyrrole nitrogens is 1. The van der Waals surface area contributed by atoms with Gasteiger partial charge in [0.1, 0.15) is 5.54 Å². The first-order valence-corrected chi connectivity index (χ1v) is 16.4. The van der Waals surface area contributed by atoms with E-state index in [1.807, 2.05) is 67.7 Å². The fraction of sp³-hybridized carbons (Fsp3) is 0.500. The summed E-state index contributed by atoms with van der Waals surface area (Å²) in [5, 5.41) is 19.2. The molecule has 3 amide bonds. The Labute approximate surface area is 263 Å². The van der Waals surface area contributed by atoms with Gasteiger partial charge in [-0.1, -0.05) is 48.5 Å². The molecular formula is C36H44N4O5. The molecule has 238 valence electrons. The molecule has 0 saturated heterocycles. The first-order chi connectivity index (χ1) is 21.7. The number of carbonyl (C=O) groups excluding carboxylic acids is 3. The van der Waals surface area contributed by atoms with Crippen molar-refractivity contribution in [2.75, 3.05) is 6.54 Å². The number of benzene rings is 2. The lowest BCUT2D eigenvalue weighted by Gasteiger charge is -2.54. The molecule has 45 heavy (non-hydrogen) atoms. The minimum Gasteiger partial charge on any atom is -0.481 e. The van der Waals surface area contributed by atoms with Crippen LogP contribution in [0.15, 0.2) is 60.8 Å². The summed E-state index contributed by atoms with van der Waals surface area (Å²) in [5.74, 6) is 0.407. The number of hydrogen-bond acceptors (Lipinski definition) is 4. The zero-order valence-electron chi connectivity index (χ0n) is 25.9. The van der Waals surface area contributed by atoms with Crippen LogP contribution in [0.3, 0.4) is 0 Å². The average Bonchev–Trinajstić information content (AvgIpc) is 3.41. The van der Waals surface area contributed by atoms with Crippen molar-refractivity contribution >= 4 is 34.6 Å². The molecule has 0 unspecified atom stereocenters. The largest absolute Gasteiger partial charge is 0.481 e. The number of amides is 3. The third kappa shape index (κ3) is 7.08. The van der Waals surface area contributed by atoms with Gasteiger partial charge in [-0.3, -0.25) is 19.2 Å². The second kappa shape index (κ2) is 13.1. The van der Waals surface area contributed by atoms with Crippen LogP contribution in [0.1, 0.15) is 63.0 Å². The summed E-state index contributed by atoms with van der Waals surface area (Å²) in [4.78, 5) is 55.2. The Balaban J connectivity index is 1.24. The maximum atomic E-state index is 14.4. The highest BCUT2D eigenvalue weighted by molar-refractivity contribution is 5.94. The molecule has 7 rings (SSSR count). The van der Waals surface area contributed by atoms with E-state index >= 15 is 0 Å². The minimum absolute atomic E-state index is 0.0251. The summed E-state index contributed by atoms with van der Waals surface area (Å²) in [6.07, 6.45) is 8.00. The van der Waals surface area contributed by atoms with E-state index in [1.54, 1.807) is 0 Å². The van der Waals surface area contributed by atoms with Gasteiger partial charge in [0.15, 0.2) is 0 Å². The van der Waals surface area contributed by atoms with E-state index in [9.17, 15) is 19.2 Å². The molecule has 4 saturated carbocycles. The van der Waals surface area contributed by atoms with Gasteiger partial charge in [0, 0.05) is 42.4 Å². The Kier molecular flexibility index (Phi) is 8.97. The Morgan fingerprint density at radius 1 is 0.911 bits per heavy atom. The summed E-state index contributed by atoms with van der Waals surface area (Å²) in [7, 11) is 0. The number of rotatable bonds is 13. The third-order valence-electron chi connectivity index (χ3n) is 10.4. The molecule has 0 aliphatic heterocycles. The SMILES string of the molecule is C[C@](Cc1c[nH]c2ccccc12)(NC(=O)C1C2CC3CC(C2)CC1C3)C(=O)N[C@H](CNC(=O)CCC(=O)O)Cc1ccccc1. The van der Waals surface area contributed by atoms with Gasteiger partial charge in [0.2, 0.25) is 17.7 Å². The highest BCUT2D eigenvalue weighted by Gasteiger charge is 2.52. The minimum atomic E-state index is -1.25. The maximum absolute atomic E-state index is 14.4. The lowest BCUT2D eigenvalue weighted by molar-refractivity contribution is -0.144. The molecule has 4 fully saturated rings. The molecule has 4 aliphatic carbocycles. The van der Waals surface area contributed by atoms with Crippen LogP contribution in [-0.2, 0) is 32.0 Å². The summed E-state index contributed by atoms with van der Waals surface area (Å²) in [5.41, 5.74) is 1.64. The van der Waals surface area contributed by atoms with Gasteiger partial charge in [-0.25, -0.2) is 0 Å². The van der Waals surface area contributed by atoms with Gasteiger partial charge in [-0.15, -0.1) is 0 Å². The molecule has 5 N–H and O–H groups in total. The molecular weight excluding hydrogens is 568 g/mol. The Morgan fingerprint density at radius 3 is 2.27 bits per heavy atom. The Bertz CT molecular complexity index is 1520. The fourth-order valence-electron chi connectivity index (χ4n) is 8.51. The number of aliphatic carboxylic acids is 1. The van der Waals surface area contributed by atoms with Gasteiger partial charge in [-0.2, -0.15) is 0 Å². The predicted molar refractivity (Wildman–Crippen MR) is 171 cm³/mol. The van der Waals surface area contributed by atoms with E-state index in [4.69, 9.17) is 5.11 Å². The third-order valence-corrected chi connectivity index (χ3v) is 10.4. The van der Waals surface area contributed by atoms with Crippen LogP contribution in [0.2, 0.25) is 0 Å². The van der Waals surface area contributed by atoms with E-state index < -0.39 is 17.6 Å². The molecule has 0 spiro atoms. The van der Waals surface area contributed by atoms with Crippen molar-refractivity contribution in [2.24, 2.45) is 29.6 Å². The van der Waals surface area contributed by atoms with Gasteiger partial charge in [0.25, 0.3) is 0 Å². The number of aromatic nitrogens is 1. The number of fused-ring (bicyclic) bond motifs is 1. The lowest BCUT2D eigenvalue weighted by Crippen LogP contribution is -2.63. The monoisotopic (exact) mass is 612 g/mol. The van der Waals surface area contributed by atoms with E-state index in [-0.39, 0.29) is 43.0 Å². The number of carboxylic acids is 1. The molecule has 1 aromatic heterocycles. The van der Waals surface area contributed by atoms with Crippen molar-refractivity contribution in [3.05, 3.63) is 71.9 Å². The summed E-state index contributed by atoms with van der Waals surface area (Å²) < 4.78 is 0. The van der Waals surface area contributed by atoms with Gasteiger partial charge in [0.05, 0.1) is 12.5 Å². The van der Waals surface area contributed by atoms with E-state index in [2.05, 4.69) is 20.9 Å². The molecule has 2 atom stereocenters. The number of carbonyl (C=O) groups is 4. The van der Waals surface area contributed by atoms with Crippen LogP contribution in [0.5, 0.6) is 0 Å². The van der Waals surface area contributed by atoms with Gasteiger partial charge in [-0.05, 0) is 86.3 Å². The molecule has 0 radical (unpaired) electrons. The fourth-order valence-corrected chi connectivity index (χ4v) is 8.51. The van der Waals surface area contributed by atoms with Crippen molar-refractivity contribution < 1.29 is 24.3 Å². The molecule has 9 nitrogen and oxygen atoms in total. The summed E-state index contributed by atoms with van der Waals surface area (Å²) >= 11 is 0. The molecule has 1 heterocycles. The van der Waals surface area contributed by atoms with E-state index in [0.717, 1.165) is 59.5 Å². The zero-order chi connectivity index (χ0) is 31.6. The molecule has 4 bridgehead atoms. The molecule has 3 aromatic rings. The topological polar surface area (TPSA) is 140 Å². The smallest absolute Gasteiger partial charge is 0.303 e. The van der Waals surface area contributed by atoms with Crippen LogP contribution < -0.4 is 16.0 Å². The number of para-hydroxylation sites is 1. The van der Waals surface area contributed by atoms with E-state index in [1.165, 1.54) is 6.42 Å². The summed E-state index contributed by atoms with van der Waals surface area (Å²) in [6, 6.07) is 17.1.